The first kappa shape index (κ1) is 12.6. The molecule has 8 heteroatoms. The Morgan fingerprint density at radius 2 is 2.35 bits per heavy atom. The van der Waals surface area contributed by atoms with E-state index in [-0.39, 0.29) is 29.2 Å². The second-order valence-electron chi connectivity index (χ2n) is 3.90. The van der Waals surface area contributed by atoms with Crippen LogP contribution in [-0.2, 0) is 25.0 Å². The maximum Gasteiger partial charge on any atom is 0.378 e. The van der Waals surface area contributed by atoms with Crippen LogP contribution in [0, 0.1) is 5.92 Å². The number of halogens is 1. The van der Waals surface area contributed by atoms with Gasteiger partial charge in [0, 0.05) is 16.7 Å². The van der Waals surface area contributed by atoms with Crippen molar-refractivity contribution >= 4 is 42.3 Å². The lowest BCUT2D eigenvalue weighted by Crippen LogP contribution is -2.64. The van der Waals surface area contributed by atoms with Gasteiger partial charge in [0.25, 0.3) is 0 Å². The minimum atomic E-state index is -1.23. The number of hydrogen-bond donors (Lipinski definition) is 0. The molecule has 1 unspecified atom stereocenters. The number of fused-ring (bicyclic) bond motifs is 1. The van der Waals surface area contributed by atoms with E-state index in [9.17, 15) is 13.8 Å². The van der Waals surface area contributed by atoms with E-state index in [0.29, 0.717) is 5.57 Å². The van der Waals surface area contributed by atoms with Crippen LogP contribution in [0.4, 0.5) is 0 Å². The van der Waals surface area contributed by atoms with Crippen LogP contribution >= 0.6 is 11.6 Å². The molecule has 0 aromatic rings. The third kappa shape index (κ3) is 1.72. The van der Waals surface area contributed by atoms with Crippen LogP contribution in [0.25, 0.3) is 0 Å². The molecule has 1 saturated heterocycles. The first-order valence-electron chi connectivity index (χ1n) is 4.92. The van der Waals surface area contributed by atoms with Gasteiger partial charge in [0.1, 0.15) is 11.1 Å². The molecule has 90 valence electrons. The van der Waals surface area contributed by atoms with Gasteiger partial charge in [-0.2, -0.15) is 0 Å². The van der Waals surface area contributed by atoms with Crippen LogP contribution in [0.2, 0.25) is 0 Å². The molecule has 1 fully saturated rings. The second-order valence-corrected chi connectivity index (χ2v) is 5.70. The molecule has 0 N–H and O–H groups in total. The SMILES string of the molecule is [B]OC(=O)C1=C(CCl)CS(=O)[C@@H]2[C@H](C)C(=O)N12. The van der Waals surface area contributed by atoms with Crippen LogP contribution in [-0.4, -0.2) is 46.0 Å². The largest absolute Gasteiger partial charge is 0.539 e. The topological polar surface area (TPSA) is 63.7 Å². The van der Waals surface area contributed by atoms with E-state index in [0.717, 1.165) is 0 Å². The van der Waals surface area contributed by atoms with Crippen molar-refractivity contribution in [1.82, 2.24) is 4.90 Å². The summed E-state index contributed by atoms with van der Waals surface area (Å²) in [6, 6.07) is 0. The van der Waals surface area contributed by atoms with Crippen LogP contribution < -0.4 is 0 Å². The van der Waals surface area contributed by atoms with Crippen molar-refractivity contribution in [3.05, 3.63) is 11.3 Å². The highest BCUT2D eigenvalue weighted by Crippen LogP contribution is 2.38. The highest BCUT2D eigenvalue weighted by Gasteiger charge is 2.54. The van der Waals surface area contributed by atoms with E-state index >= 15 is 0 Å². The van der Waals surface area contributed by atoms with E-state index < -0.39 is 22.1 Å². The second kappa shape index (κ2) is 4.46. The van der Waals surface area contributed by atoms with Crippen molar-refractivity contribution in [3.63, 3.8) is 0 Å². The molecule has 1 amide bonds. The van der Waals surface area contributed by atoms with Gasteiger partial charge in [0.2, 0.25) is 5.91 Å². The molecule has 3 atom stereocenters. The van der Waals surface area contributed by atoms with Crippen LogP contribution in [0.3, 0.4) is 0 Å². The Hall–Kier alpha value is -0.815. The third-order valence-corrected chi connectivity index (χ3v) is 5.05. The van der Waals surface area contributed by atoms with E-state index in [1.165, 1.54) is 4.90 Å². The zero-order valence-electron chi connectivity index (χ0n) is 9.01. The van der Waals surface area contributed by atoms with Crippen LogP contribution in [0.15, 0.2) is 11.3 Å². The number of amides is 1. The van der Waals surface area contributed by atoms with Gasteiger partial charge in [-0.05, 0) is 5.57 Å². The van der Waals surface area contributed by atoms with E-state index in [2.05, 4.69) is 4.65 Å². The average molecular weight is 274 g/mol. The molecule has 2 rings (SSSR count). The maximum absolute atomic E-state index is 11.9. The van der Waals surface area contributed by atoms with Gasteiger partial charge in [-0.3, -0.25) is 13.9 Å². The molecular weight excluding hydrogens is 264 g/mol. The number of rotatable bonds is 2. The fraction of sp³-hybridized carbons (Fsp3) is 0.556. The minimum absolute atomic E-state index is 0.0149. The summed E-state index contributed by atoms with van der Waals surface area (Å²) in [5.41, 5.74) is 0.479. The lowest BCUT2D eigenvalue weighted by Gasteiger charge is -2.48. The summed E-state index contributed by atoms with van der Waals surface area (Å²) < 4.78 is 16.0. The number of hydrogen-bond acceptors (Lipinski definition) is 4. The standard InChI is InChI=1S/C9H9BClNO4S/c1-4-7(13)12-6(9(14)16-10)5(2-11)3-17(15)8(4)12/h4,8H,2-3H2,1H3/t4-,8-,17?/m1/s1. The minimum Gasteiger partial charge on any atom is -0.539 e. The number of carbonyl (C=O) groups is 2. The normalized spacial score (nSPS) is 32.0. The Labute approximate surface area is 107 Å². The van der Waals surface area contributed by atoms with Gasteiger partial charge in [0.05, 0.1) is 11.7 Å². The smallest absolute Gasteiger partial charge is 0.378 e. The predicted molar refractivity (Wildman–Crippen MR) is 62.4 cm³/mol. The quantitative estimate of drug-likeness (QED) is 0.393. The zero-order valence-corrected chi connectivity index (χ0v) is 10.6. The highest BCUT2D eigenvalue weighted by molar-refractivity contribution is 7.86. The molecular formula is C9H9BClNO4S. The highest BCUT2D eigenvalue weighted by atomic mass is 35.5. The fourth-order valence-electron chi connectivity index (χ4n) is 2.09. The molecule has 0 bridgehead atoms. The maximum atomic E-state index is 11.9. The van der Waals surface area contributed by atoms with Gasteiger partial charge in [-0.15, -0.1) is 11.6 Å². The predicted octanol–water partition coefficient (Wildman–Crippen LogP) is -0.327. The fourth-order valence-corrected chi connectivity index (χ4v) is 4.19. The molecule has 2 aliphatic heterocycles. The molecule has 17 heavy (non-hydrogen) atoms. The van der Waals surface area contributed by atoms with Crippen LogP contribution in [0.1, 0.15) is 6.92 Å². The molecule has 0 aliphatic carbocycles. The first-order valence-corrected chi connectivity index (χ1v) is 6.83. The van der Waals surface area contributed by atoms with Gasteiger partial charge in [-0.25, -0.2) is 4.79 Å². The summed E-state index contributed by atoms with van der Waals surface area (Å²) in [7, 11) is 3.59. The van der Waals surface area contributed by atoms with Gasteiger partial charge >= 0.3 is 14.0 Å². The molecule has 0 saturated carbocycles. The summed E-state index contributed by atoms with van der Waals surface area (Å²) in [5, 5.41) is -0.469. The van der Waals surface area contributed by atoms with Crippen molar-refractivity contribution in [2.75, 3.05) is 11.6 Å². The molecule has 0 aromatic heterocycles. The summed E-state index contributed by atoms with van der Waals surface area (Å²) >= 11 is 5.68. The number of nitrogens with zero attached hydrogens (tertiary/aromatic N) is 1. The van der Waals surface area contributed by atoms with E-state index in [4.69, 9.17) is 19.7 Å². The lowest BCUT2D eigenvalue weighted by atomic mass is 9.98. The summed E-state index contributed by atoms with van der Waals surface area (Å²) in [5.74, 6) is -1.24. The van der Waals surface area contributed by atoms with Gasteiger partial charge < -0.3 is 4.65 Å². The third-order valence-electron chi connectivity index (χ3n) is 2.93. The zero-order chi connectivity index (χ0) is 12.7. The Morgan fingerprint density at radius 3 is 2.88 bits per heavy atom. The number of carbonyl (C=O) groups excluding carboxylic acids is 2. The van der Waals surface area contributed by atoms with Crippen molar-refractivity contribution in [2.45, 2.75) is 12.3 Å². The Balaban J connectivity index is 2.46. The number of alkyl halides is 1. The lowest BCUT2D eigenvalue weighted by molar-refractivity contribution is -0.150. The van der Waals surface area contributed by atoms with Crippen molar-refractivity contribution in [1.29, 1.82) is 0 Å². The number of β-lactam (4-membered cyclic amide) rings is 1. The monoisotopic (exact) mass is 273 g/mol. The summed E-state index contributed by atoms with van der Waals surface area (Å²) in [6.07, 6.45) is 0. The molecule has 2 aliphatic rings. The summed E-state index contributed by atoms with van der Waals surface area (Å²) in [6.45, 7) is 1.68. The Kier molecular flexibility index (Phi) is 3.31. The average Bonchev–Trinajstić information content (AvgIpc) is 2.35. The van der Waals surface area contributed by atoms with E-state index in [1.807, 2.05) is 0 Å². The van der Waals surface area contributed by atoms with E-state index in [1.54, 1.807) is 6.92 Å². The summed E-state index contributed by atoms with van der Waals surface area (Å²) in [4.78, 5) is 24.4. The Morgan fingerprint density at radius 1 is 1.71 bits per heavy atom. The molecule has 0 spiro atoms. The van der Waals surface area contributed by atoms with Gasteiger partial charge in [-0.1, -0.05) is 6.92 Å². The van der Waals surface area contributed by atoms with Crippen molar-refractivity contribution in [3.8, 4) is 0 Å². The van der Waals surface area contributed by atoms with Crippen molar-refractivity contribution < 1.29 is 18.5 Å². The molecule has 0 aromatic carbocycles. The molecule has 5 nitrogen and oxygen atoms in total. The molecule has 2 heterocycles. The Bertz CT molecular complexity index is 452. The molecule has 2 radical (unpaired) electrons. The van der Waals surface area contributed by atoms with Gasteiger partial charge in [0.15, 0.2) is 0 Å². The van der Waals surface area contributed by atoms with Crippen molar-refractivity contribution in [2.24, 2.45) is 5.92 Å². The van der Waals surface area contributed by atoms with Crippen LogP contribution in [0.5, 0.6) is 0 Å². The first-order chi connectivity index (χ1) is 8.02.